The molecule has 1 amide bonds. The highest BCUT2D eigenvalue weighted by molar-refractivity contribution is 7.91. The van der Waals surface area contributed by atoms with E-state index >= 15 is 0 Å². The molecule has 4 aromatic rings. The van der Waals surface area contributed by atoms with Gasteiger partial charge in [0.25, 0.3) is 10.0 Å². The summed E-state index contributed by atoms with van der Waals surface area (Å²) in [7, 11) is -3.79. The van der Waals surface area contributed by atoms with Crippen molar-refractivity contribution in [3.05, 3.63) is 65.8 Å². The summed E-state index contributed by atoms with van der Waals surface area (Å²) in [6.45, 7) is 2.96. The van der Waals surface area contributed by atoms with Crippen LogP contribution in [0.2, 0.25) is 0 Å². The maximum absolute atomic E-state index is 14.2. The van der Waals surface area contributed by atoms with E-state index in [-0.39, 0.29) is 16.7 Å². The second-order valence-electron chi connectivity index (χ2n) is 8.38. The highest BCUT2D eigenvalue weighted by Gasteiger charge is 2.41. The van der Waals surface area contributed by atoms with E-state index in [1.165, 1.54) is 27.0 Å². The molecule has 0 saturated carbocycles. The summed E-state index contributed by atoms with van der Waals surface area (Å²) in [5.74, 6) is 0.376. The fraction of sp³-hybridized carbons (Fsp3) is 0.320. The summed E-state index contributed by atoms with van der Waals surface area (Å²) in [6, 6.07) is 11.9. The first-order valence-corrected chi connectivity index (χ1v) is 14.9. The third-order valence-electron chi connectivity index (χ3n) is 6.03. The number of thiazole rings is 1. The first-order valence-electron chi connectivity index (χ1n) is 11.8. The zero-order valence-electron chi connectivity index (χ0n) is 19.7. The third-order valence-corrected chi connectivity index (χ3v) is 10.4. The van der Waals surface area contributed by atoms with Gasteiger partial charge in [-0.3, -0.25) is 14.7 Å². The van der Waals surface area contributed by atoms with Crippen LogP contribution in [-0.4, -0.2) is 47.8 Å². The van der Waals surface area contributed by atoms with E-state index in [0.29, 0.717) is 36.0 Å². The summed E-state index contributed by atoms with van der Waals surface area (Å²) in [6.07, 6.45) is 5.35. The topological polar surface area (TPSA) is 92.7 Å². The molecule has 1 atom stereocenters. The molecule has 0 bridgehead atoms. The number of carbonyl (C=O) groups excluding carboxylic acids is 1. The van der Waals surface area contributed by atoms with E-state index in [0.717, 1.165) is 23.1 Å². The van der Waals surface area contributed by atoms with Crippen molar-refractivity contribution in [2.75, 3.05) is 18.1 Å². The van der Waals surface area contributed by atoms with Crippen LogP contribution >= 0.6 is 22.7 Å². The number of rotatable bonds is 8. The fourth-order valence-corrected chi connectivity index (χ4v) is 8.12. The van der Waals surface area contributed by atoms with Crippen LogP contribution in [0.4, 0.5) is 5.13 Å². The number of fused-ring (bicyclic) bond motifs is 1. The molecule has 0 spiro atoms. The van der Waals surface area contributed by atoms with Crippen molar-refractivity contribution in [1.82, 2.24) is 14.3 Å². The molecule has 3 aromatic heterocycles. The van der Waals surface area contributed by atoms with Crippen molar-refractivity contribution in [3.63, 3.8) is 0 Å². The summed E-state index contributed by atoms with van der Waals surface area (Å²) >= 11 is 2.56. The molecule has 1 fully saturated rings. The average Bonchev–Trinajstić information content (AvgIpc) is 3.59. The summed E-state index contributed by atoms with van der Waals surface area (Å²) in [5, 5.41) is 2.24. The molecule has 188 valence electrons. The molecule has 1 saturated heterocycles. The van der Waals surface area contributed by atoms with Gasteiger partial charge in [0.15, 0.2) is 5.13 Å². The smallest absolute Gasteiger partial charge is 0.253 e. The van der Waals surface area contributed by atoms with Crippen molar-refractivity contribution in [2.45, 2.75) is 43.0 Å². The van der Waals surface area contributed by atoms with Gasteiger partial charge < -0.3 is 4.74 Å². The molecule has 1 aliphatic heterocycles. The average molecular weight is 543 g/mol. The minimum absolute atomic E-state index is 0.236. The van der Waals surface area contributed by atoms with Crippen LogP contribution in [0.25, 0.3) is 10.2 Å². The fourth-order valence-electron chi connectivity index (χ4n) is 4.36. The molecule has 4 heterocycles. The maximum atomic E-state index is 14.2. The number of anilines is 1. The number of hydrogen-bond donors (Lipinski definition) is 0. The highest BCUT2D eigenvalue weighted by Crippen LogP contribution is 2.36. The first-order chi connectivity index (χ1) is 17.5. The molecular formula is C25H26N4O4S3. The van der Waals surface area contributed by atoms with E-state index in [2.05, 4.69) is 4.98 Å². The third kappa shape index (κ3) is 4.88. The Morgan fingerprint density at radius 3 is 2.83 bits per heavy atom. The molecule has 5 rings (SSSR count). The summed E-state index contributed by atoms with van der Waals surface area (Å²) in [5.41, 5.74) is 1.52. The number of para-hydroxylation sites is 1. The molecule has 36 heavy (non-hydrogen) atoms. The molecular weight excluding hydrogens is 517 g/mol. The molecule has 0 N–H and O–H groups in total. The number of aromatic nitrogens is 2. The van der Waals surface area contributed by atoms with Crippen molar-refractivity contribution in [1.29, 1.82) is 0 Å². The Labute approximate surface area is 218 Å². The van der Waals surface area contributed by atoms with Gasteiger partial charge in [-0.25, -0.2) is 13.4 Å². The van der Waals surface area contributed by atoms with E-state index in [9.17, 15) is 13.2 Å². The van der Waals surface area contributed by atoms with Crippen molar-refractivity contribution in [3.8, 4) is 5.75 Å². The number of hydrogen-bond acceptors (Lipinski definition) is 8. The van der Waals surface area contributed by atoms with E-state index < -0.39 is 16.1 Å². The Kier molecular flexibility index (Phi) is 7.33. The largest absolute Gasteiger partial charge is 0.492 e. The lowest BCUT2D eigenvalue weighted by atomic mass is 10.0. The Balaban J connectivity index is 1.55. The van der Waals surface area contributed by atoms with Crippen molar-refractivity contribution >= 4 is 54.0 Å². The van der Waals surface area contributed by atoms with E-state index in [1.54, 1.807) is 34.8 Å². The minimum Gasteiger partial charge on any atom is -0.492 e. The second kappa shape index (κ2) is 10.6. The first kappa shape index (κ1) is 24.8. The number of carbonyl (C=O) groups is 1. The van der Waals surface area contributed by atoms with Gasteiger partial charge in [-0.1, -0.05) is 36.0 Å². The molecule has 0 aliphatic carbocycles. The molecule has 0 radical (unpaired) electrons. The summed E-state index contributed by atoms with van der Waals surface area (Å²) in [4.78, 5) is 24.7. The number of sulfonamides is 1. The molecule has 8 nitrogen and oxygen atoms in total. The zero-order chi connectivity index (χ0) is 25.1. The Bertz CT molecular complexity index is 1440. The van der Waals surface area contributed by atoms with Gasteiger partial charge in [0.05, 0.1) is 17.9 Å². The molecule has 1 aliphatic rings. The number of ether oxygens (including phenoxy) is 1. The van der Waals surface area contributed by atoms with Gasteiger partial charge in [0.1, 0.15) is 21.5 Å². The number of amides is 1. The van der Waals surface area contributed by atoms with Gasteiger partial charge in [-0.05, 0) is 55.0 Å². The number of piperidine rings is 1. The molecule has 1 aromatic carbocycles. The molecule has 1 unspecified atom stereocenters. The Morgan fingerprint density at radius 2 is 2.08 bits per heavy atom. The van der Waals surface area contributed by atoms with Crippen LogP contribution in [-0.2, 0) is 21.4 Å². The second-order valence-corrected chi connectivity index (χ2v) is 12.5. The predicted octanol–water partition coefficient (Wildman–Crippen LogP) is 4.93. The predicted molar refractivity (Wildman–Crippen MR) is 142 cm³/mol. The standard InChI is InChI=1S/C25H26N4O4S3/c1-2-33-20-10-5-11-21-23(20)27-25(35-21)28(17-18-8-6-13-26-16-18)24(30)19-9-3-4-14-29(19)36(31,32)22-12-7-15-34-22/h5-8,10-13,15-16,19H,2-4,9,14,17H2,1H3. The number of pyridine rings is 1. The lowest BCUT2D eigenvalue weighted by Crippen LogP contribution is -2.52. The number of benzene rings is 1. The number of thiophene rings is 1. The Hall–Kier alpha value is -2.86. The van der Waals surface area contributed by atoms with Crippen LogP contribution < -0.4 is 9.64 Å². The van der Waals surface area contributed by atoms with Crippen LogP contribution in [0.3, 0.4) is 0 Å². The van der Waals surface area contributed by atoms with Crippen LogP contribution in [0.1, 0.15) is 31.7 Å². The van der Waals surface area contributed by atoms with Gasteiger partial charge in [-0.2, -0.15) is 4.31 Å². The normalized spacial score (nSPS) is 16.8. The quantitative estimate of drug-likeness (QED) is 0.314. The SMILES string of the molecule is CCOc1cccc2sc(N(Cc3cccnc3)C(=O)C3CCCCN3S(=O)(=O)c3cccs3)nc12. The van der Waals surface area contributed by atoms with Gasteiger partial charge in [-0.15, -0.1) is 11.3 Å². The number of nitrogens with zero attached hydrogens (tertiary/aromatic N) is 4. The van der Waals surface area contributed by atoms with Gasteiger partial charge >= 0.3 is 0 Å². The minimum atomic E-state index is -3.79. The monoisotopic (exact) mass is 542 g/mol. The van der Waals surface area contributed by atoms with Crippen molar-refractivity contribution < 1.29 is 17.9 Å². The van der Waals surface area contributed by atoms with Gasteiger partial charge in [0, 0.05) is 18.9 Å². The Morgan fingerprint density at radius 1 is 1.19 bits per heavy atom. The highest BCUT2D eigenvalue weighted by atomic mass is 32.2. The van der Waals surface area contributed by atoms with Crippen LogP contribution in [0.5, 0.6) is 5.75 Å². The zero-order valence-corrected chi connectivity index (χ0v) is 22.2. The van der Waals surface area contributed by atoms with E-state index in [4.69, 9.17) is 9.72 Å². The summed E-state index contributed by atoms with van der Waals surface area (Å²) < 4.78 is 35.2. The van der Waals surface area contributed by atoms with Crippen LogP contribution in [0, 0.1) is 0 Å². The van der Waals surface area contributed by atoms with Crippen LogP contribution in [0.15, 0.2) is 64.4 Å². The maximum Gasteiger partial charge on any atom is 0.253 e. The van der Waals surface area contributed by atoms with Crippen molar-refractivity contribution in [2.24, 2.45) is 0 Å². The lowest BCUT2D eigenvalue weighted by Gasteiger charge is -2.35. The lowest BCUT2D eigenvalue weighted by molar-refractivity contribution is -0.123. The van der Waals surface area contributed by atoms with E-state index in [1.807, 2.05) is 37.3 Å². The molecule has 11 heteroatoms. The van der Waals surface area contributed by atoms with Gasteiger partial charge in [0.2, 0.25) is 5.91 Å².